The van der Waals surface area contributed by atoms with Gasteiger partial charge in [0.15, 0.2) is 0 Å². The molecule has 0 aliphatic carbocycles. The maximum atomic E-state index is 12.2. The third-order valence-corrected chi connectivity index (χ3v) is 4.23. The maximum absolute atomic E-state index is 12.2. The number of hydrogen-bond donors (Lipinski definition) is 1. The predicted octanol–water partition coefficient (Wildman–Crippen LogP) is 2.04. The molecule has 1 aromatic carbocycles. The molecule has 0 saturated heterocycles. The second-order valence-corrected chi connectivity index (χ2v) is 5.74. The Balaban J connectivity index is 1.74. The molecule has 132 valence electrons. The van der Waals surface area contributed by atoms with Crippen LogP contribution in [0.3, 0.4) is 0 Å². The van der Waals surface area contributed by atoms with Crippen molar-refractivity contribution in [2.75, 3.05) is 33.3 Å². The van der Waals surface area contributed by atoms with Crippen LogP contribution in [0, 0.1) is 0 Å². The molecule has 0 radical (unpaired) electrons. The molecular formula is C18H27N3O3. The van der Waals surface area contributed by atoms with Crippen molar-refractivity contribution in [1.82, 2.24) is 10.2 Å². The van der Waals surface area contributed by atoms with Crippen LogP contribution in [0.25, 0.3) is 0 Å². The van der Waals surface area contributed by atoms with Gasteiger partial charge in [-0.2, -0.15) is 0 Å². The standard InChI is InChI=1S/C18H27N3O3/c1-4-21(5-2)12-6-11-19-18(22)17-13-16(20-24-17)14-7-9-15(23-3)10-8-14/h7-10,17H,4-6,11-13H2,1-3H3,(H,19,22)/t17-/m1/s1. The van der Waals surface area contributed by atoms with Crippen LogP contribution in [0.15, 0.2) is 29.4 Å². The summed E-state index contributed by atoms with van der Waals surface area (Å²) < 4.78 is 5.14. The lowest BCUT2D eigenvalue weighted by atomic mass is 10.0. The van der Waals surface area contributed by atoms with Crippen LogP contribution in [0.2, 0.25) is 0 Å². The predicted molar refractivity (Wildman–Crippen MR) is 94.4 cm³/mol. The van der Waals surface area contributed by atoms with Crippen molar-refractivity contribution in [3.63, 3.8) is 0 Å². The zero-order valence-corrected chi connectivity index (χ0v) is 14.7. The van der Waals surface area contributed by atoms with E-state index in [1.54, 1.807) is 7.11 Å². The van der Waals surface area contributed by atoms with Crippen molar-refractivity contribution in [2.45, 2.75) is 32.8 Å². The van der Waals surface area contributed by atoms with Crippen LogP contribution in [-0.4, -0.2) is 55.9 Å². The average molecular weight is 333 g/mol. The number of oxime groups is 1. The molecule has 0 fully saturated rings. The van der Waals surface area contributed by atoms with E-state index in [0.29, 0.717) is 13.0 Å². The van der Waals surface area contributed by atoms with Crippen molar-refractivity contribution in [2.24, 2.45) is 5.16 Å². The molecule has 1 aliphatic rings. The fraction of sp³-hybridized carbons (Fsp3) is 0.556. The number of nitrogens with zero attached hydrogens (tertiary/aromatic N) is 2. The minimum atomic E-state index is -0.532. The molecule has 1 N–H and O–H groups in total. The van der Waals surface area contributed by atoms with Crippen LogP contribution in [0.1, 0.15) is 32.3 Å². The van der Waals surface area contributed by atoms with E-state index in [0.717, 1.165) is 43.1 Å². The number of amides is 1. The summed E-state index contributed by atoms with van der Waals surface area (Å²) in [6, 6.07) is 7.59. The van der Waals surface area contributed by atoms with Crippen molar-refractivity contribution in [3.8, 4) is 5.75 Å². The Bertz CT molecular complexity index is 553. The van der Waals surface area contributed by atoms with Crippen molar-refractivity contribution in [1.29, 1.82) is 0 Å². The van der Waals surface area contributed by atoms with Crippen LogP contribution < -0.4 is 10.1 Å². The van der Waals surface area contributed by atoms with Crippen molar-refractivity contribution >= 4 is 11.6 Å². The summed E-state index contributed by atoms with van der Waals surface area (Å²) in [6.07, 6.45) is 0.899. The molecule has 0 bridgehead atoms. The molecule has 0 aromatic heterocycles. The number of rotatable bonds is 9. The third-order valence-electron chi connectivity index (χ3n) is 4.23. The monoisotopic (exact) mass is 333 g/mol. The van der Waals surface area contributed by atoms with Gasteiger partial charge in [0, 0.05) is 13.0 Å². The Morgan fingerprint density at radius 2 is 2.04 bits per heavy atom. The quantitative estimate of drug-likeness (QED) is 0.703. The summed E-state index contributed by atoms with van der Waals surface area (Å²) in [6.45, 7) is 8.02. The van der Waals surface area contributed by atoms with Gasteiger partial charge in [0.2, 0.25) is 6.10 Å². The molecule has 0 unspecified atom stereocenters. The van der Waals surface area contributed by atoms with Gasteiger partial charge in [0.25, 0.3) is 5.91 Å². The van der Waals surface area contributed by atoms with E-state index >= 15 is 0 Å². The number of nitrogens with one attached hydrogen (secondary N) is 1. The van der Waals surface area contributed by atoms with E-state index in [9.17, 15) is 4.79 Å². The molecule has 1 aromatic rings. The van der Waals surface area contributed by atoms with E-state index in [1.165, 1.54) is 0 Å². The van der Waals surface area contributed by atoms with Gasteiger partial charge >= 0.3 is 0 Å². The molecule has 0 saturated carbocycles. The summed E-state index contributed by atoms with van der Waals surface area (Å²) in [4.78, 5) is 19.8. The van der Waals surface area contributed by atoms with Gasteiger partial charge in [-0.1, -0.05) is 19.0 Å². The number of benzene rings is 1. The molecule has 6 nitrogen and oxygen atoms in total. The highest BCUT2D eigenvalue weighted by atomic mass is 16.6. The van der Waals surface area contributed by atoms with Crippen LogP contribution >= 0.6 is 0 Å². The minimum Gasteiger partial charge on any atom is -0.497 e. The highest BCUT2D eigenvalue weighted by molar-refractivity contribution is 6.04. The van der Waals surface area contributed by atoms with Gasteiger partial charge in [-0.25, -0.2) is 0 Å². The van der Waals surface area contributed by atoms with Gasteiger partial charge in [-0.3, -0.25) is 4.79 Å². The van der Waals surface area contributed by atoms with Crippen molar-refractivity contribution < 1.29 is 14.4 Å². The lowest BCUT2D eigenvalue weighted by Gasteiger charge is -2.18. The number of carbonyl (C=O) groups is 1. The first kappa shape index (κ1) is 18.3. The first-order chi connectivity index (χ1) is 11.7. The first-order valence-corrected chi connectivity index (χ1v) is 8.55. The van der Waals surface area contributed by atoms with E-state index < -0.39 is 6.10 Å². The highest BCUT2D eigenvalue weighted by Crippen LogP contribution is 2.19. The topological polar surface area (TPSA) is 63.2 Å². The fourth-order valence-electron chi connectivity index (χ4n) is 2.64. The SMILES string of the molecule is CCN(CC)CCCNC(=O)[C@H]1CC(c2ccc(OC)cc2)=NO1. The zero-order chi connectivity index (χ0) is 17.4. The Morgan fingerprint density at radius 3 is 2.67 bits per heavy atom. The molecule has 24 heavy (non-hydrogen) atoms. The summed E-state index contributed by atoms with van der Waals surface area (Å²) in [5, 5.41) is 6.99. The van der Waals surface area contributed by atoms with Crippen LogP contribution in [-0.2, 0) is 9.63 Å². The Kier molecular flexibility index (Phi) is 7.06. The molecule has 1 atom stereocenters. The fourth-order valence-corrected chi connectivity index (χ4v) is 2.64. The normalized spacial score (nSPS) is 16.7. The minimum absolute atomic E-state index is 0.0955. The summed E-state index contributed by atoms with van der Waals surface area (Å²) in [5.41, 5.74) is 1.74. The van der Waals surface area contributed by atoms with Gasteiger partial charge in [-0.05, 0) is 55.9 Å². The van der Waals surface area contributed by atoms with Gasteiger partial charge < -0.3 is 19.8 Å². The molecule has 1 aliphatic heterocycles. The third kappa shape index (κ3) is 4.96. The smallest absolute Gasteiger partial charge is 0.264 e. The molecule has 1 amide bonds. The summed E-state index contributed by atoms with van der Waals surface area (Å²) in [5.74, 6) is 0.697. The lowest BCUT2D eigenvalue weighted by Crippen LogP contribution is -2.36. The second-order valence-electron chi connectivity index (χ2n) is 5.74. The van der Waals surface area contributed by atoms with E-state index in [1.807, 2.05) is 24.3 Å². The summed E-state index contributed by atoms with van der Waals surface area (Å²) in [7, 11) is 1.63. The zero-order valence-electron chi connectivity index (χ0n) is 14.7. The second kappa shape index (κ2) is 9.27. The van der Waals surface area contributed by atoms with E-state index in [2.05, 4.69) is 29.2 Å². The van der Waals surface area contributed by atoms with E-state index in [-0.39, 0.29) is 5.91 Å². The molecule has 6 heteroatoms. The average Bonchev–Trinajstić information content (AvgIpc) is 3.12. The van der Waals surface area contributed by atoms with Crippen LogP contribution in [0.5, 0.6) is 5.75 Å². The van der Waals surface area contributed by atoms with Crippen molar-refractivity contribution in [3.05, 3.63) is 29.8 Å². The first-order valence-electron chi connectivity index (χ1n) is 8.55. The van der Waals surface area contributed by atoms with Gasteiger partial charge in [0.1, 0.15) is 5.75 Å². The molecular weight excluding hydrogens is 306 g/mol. The molecule has 1 heterocycles. The highest BCUT2D eigenvalue weighted by Gasteiger charge is 2.28. The van der Waals surface area contributed by atoms with Gasteiger partial charge in [-0.15, -0.1) is 0 Å². The van der Waals surface area contributed by atoms with Gasteiger partial charge in [0.05, 0.1) is 12.8 Å². The lowest BCUT2D eigenvalue weighted by molar-refractivity contribution is -0.131. The van der Waals surface area contributed by atoms with Crippen LogP contribution in [0.4, 0.5) is 0 Å². The Morgan fingerprint density at radius 1 is 1.33 bits per heavy atom. The molecule has 0 spiro atoms. The molecule has 2 rings (SSSR count). The Labute approximate surface area is 143 Å². The largest absolute Gasteiger partial charge is 0.497 e. The number of hydrogen-bond acceptors (Lipinski definition) is 5. The number of ether oxygens (including phenoxy) is 1. The van der Waals surface area contributed by atoms with E-state index in [4.69, 9.17) is 9.57 Å². The number of methoxy groups -OCH3 is 1. The maximum Gasteiger partial charge on any atom is 0.264 e. The summed E-state index contributed by atoms with van der Waals surface area (Å²) >= 11 is 0. The number of carbonyl (C=O) groups excluding carboxylic acids is 1. The Hall–Kier alpha value is -2.08.